The van der Waals surface area contributed by atoms with Crippen LogP contribution in [0.1, 0.15) is 6.42 Å². The van der Waals surface area contributed by atoms with Gasteiger partial charge in [0.15, 0.2) is 0 Å². The van der Waals surface area contributed by atoms with Crippen molar-refractivity contribution in [1.82, 2.24) is 4.90 Å². The molecule has 5 nitrogen and oxygen atoms in total. The number of carbonyl (C=O) groups is 2. The minimum atomic E-state index is -0.758. The van der Waals surface area contributed by atoms with Crippen LogP contribution in [0.5, 0.6) is 0 Å². The zero-order chi connectivity index (χ0) is 10.1. The Morgan fingerprint density at radius 2 is 2.57 bits per heavy atom. The minimum absolute atomic E-state index is 0.108. The highest BCUT2D eigenvalue weighted by Crippen LogP contribution is 2.36. The SMILES string of the molecule is NC(=O)OCC1C=CN2C(=O)C[C@H]2S1. The lowest BCUT2D eigenvalue weighted by atomic mass is 10.2. The van der Waals surface area contributed by atoms with E-state index in [-0.39, 0.29) is 23.1 Å². The Labute approximate surface area is 85.3 Å². The summed E-state index contributed by atoms with van der Waals surface area (Å²) in [5.41, 5.74) is 4.85. The summed E-state index contributed by atoms with van der Waals surface area (Å²) in [6, 6.07) is 0. The molecule has 0 saturated carbocycles. The van der Waals surface area contributed by atoms with Gasteiger partial charge >= 0.3 is 6.09 Å². The van der Waals surface area contributed by atoms with Crippen LogP contribution >= 0.6 is 11.8 Å². The predicted octanol–water partition coefficient (Wildman–Crippen LogP) is 0.269. The highest BCUT2D eigenvalue weighted by Gasteiger charge is 2.38. The number of amides is 2. The van der Waals surface area contributed by atoms with Crippen LogP contribution < -0.4 is 5.73 Å². The molecule has 2 atom stereocenters. The van der Waals surface area contributed by atoms with Gasteiger partial charge in [-0.2, -0.15) is 0 Å². The summed E-state index contributed by atoms with van der Waals surface area (Å²) in [5.74, 6) is 0.146. The monoisotopic (exact) mass is 214 g/mol. The molecule has 2 amide bonds. The maximum Gasteiger partial charge on any atom is 0.404 e. The van der Waals surface area contributed by atoms with Crippen molar-refractivity contribution in [2.24, 2.45) is 5.73 Å². The summed E-state index contributed by atoms with van der Waals surface area (Å²) in [7, 11) is 0. The number of fused-ring (bicyclic) bond motifs is 1. The molecule has 1 unspecified atom stereocenters. The van der Waals surface area contributed by atoms with Crippen LogP contribution in [0, 0.1) is 0 Å². The number of nitrogens with zero attached hydrogens (tertiary/aromatic N) is 1. The van der Waals surface area contributed by atoms with Crippen LogP contribution in [0.15, 0.2) is 12.3 Å². The first kappa shape index (κ1) is 9.39. The molecule has 1 fully saturated rings. The van der Waals surface area contributed by atoms with Gasteiger partial charge in [-0.15, -0.1) is 11.8 Å². The van der Waals surface area contributed by atoms with Gasteiger partial charge in [-0.3, -0.25) is 4.79 Å². The number of rotatable bonds is 2. The Bertz CT molecular complexity index is 305. The average Bonchev–Trinajstić information content (AvgIpc) is 2.13. The van der Waals surface area contributed by atoms with Crippen molar-refractivity contribution in [3.05, 3.63) is 12.3 Å². The maximum absolute atomic E-state index is 11.0. The minimum Gasteiger partial charge on any atom is -0.448 e. The van der Waals surface area contributed by atoms with Gasteiger partial charge in [-0.1, -0.05) is 6.08 Å². The van der Waals surface area contributed by atoms with Gasteiger partial charge in [-0.05, 0) is 0 Å². The van der Waals surface area contributed by atoms with Gasteiger partial charge in [0, 0.05) is 6.20 Å². The van der Waals surface area contributed by atoms with Crippen molar-refractivity contribution < 1.29 is 14.3 Å². The van der Waals surface area contributed by atoms with Crippen molar-refractivity contribution in [2.75, 3.05) is 6.61 Å². The van der Waals surface area contributed by atoms with Gasteiger partial charge in [0.25, 0.3) is 0 Å². The third kappa shape index (κ3) is 1.70. The summed E-state index contributed by atoms with van der Waals surface area (Å²) in [6.07, 6.45) is 3.41. The first-order valence-corrected chi connectivity index (χ1v) is 5.18. The quantitative estimate of drug-likeness (QED) is 0.670. The van der Waals surface area contributed by atoms with Crippen LogP contribution in [0.2, 0.25) is 0 Å². The second-order valence-corrected chi connectivity index (χ2v) is 4.53. The molecule has 0 spiro atoms. The molecule has 2 aliphatic rings. The van der Waals surface area contributed by atoms with E-state index >= 15 is 0 Å². The lowest BCUT2D eigenvalue weighted by Crippen LogP contribution is -2.50. The van der Waals surface area contributed by atoms with Crippen molar-refractivity contribution in [3.63, 3.8) is 0 Å². The van der Waals surface area contributed by atoms with Crippen molar-refractivity contribution >= 4 is 23.8 Å². The zero-order valence-electron chi connectivity index (χ0n) is 7.38. The average molecular weight is 214 g/mol. The Morgan fingerprint density at radius 1 is 1.79 bits per heavy atom. The van der Waals surface area contributed by atoms with E-state index in [0.717, 1.165) is 0 Å². The summed E-state index contributed by atoms with van der Waals surface area (Å²) in [5, 5.41) is 0.325. The highest BCUT2D eigenvalue weighted by atomic mass is 32.2. The molecule has 1 saturated heterocycles. The van der Waals surface area contributed by atoms with E-state index in [1.807, 2.05) is 6.08 Å². The fourth-order valence-corrected chi connectivity index (χ4v) is 2.66. The Morgan fingerprint density at radius 3 is 3.14 bits per heavy atom. The van der Waals surface area contributed by atoms with E-state index in [0.29, 0.717) is 6.42 Å². The first-order chi connectivity index (χ1) is 6.66. The molecule has 0 aromatic carbocycles. The van der Waals surface area contributed by atoms with E-state index in [9.17, 15) is 9.59 Å². The molecule has 0 aromatic heterocycles. The lowest BCUT2D eigenvalue weighted by molar-refractivity contribution is -0.137. The van der Waals surface area contributed by atoms with E-state index in [1.54, 1.807) is 22.9 Å². The third-order valence-corrected chi connectivity index (χ3v) is 3.48. The van der Waals surface area contributed by atoms with E-state index < -0.39 is 6.09 Å². The number of thioether (sulfide) groups is 1. The van der Waals surface area contributed by atoms with Crippen molar-refractivity contribution in [2.45, 2.75) is 17.0 Å². The molecule has 0 bridgehead atoms. The van der Waals surface area contributed by atoms with Crippen LogP contribution in [0.4, 0.5) is 4.79 Å². The Balaban J connectivity index is 1.86. The predicted molar refractivity (Wildman–Crippen MR) is 51.3 cm³/mol. The first-order valence-electron chi connectivity index (χ1n) is 4.24. The molecule has 0 aliphatic carbocycles. The van der Waals surface area contributed by atoms with Gasteiger partial charge in [0.1, 0.15) is 6.61 Å². The second-order valence-electron chi connectivity index (χ2n) is 3.11. The summed E-state index contributed by atoms with van der Waals surface area (Å²) < 4.78 is 4.68. The van der Waals surface area contributed by atoms with Crippen molar-refractivity contribution in [1.29, 1.82) is 0 Å². The Kier molecular flexibility index (Phi) is 2.37. The highest BCUT2D eigenvalue weighted by molar-refractivity contribution is 8.00. The normalized spacial score (nSPS) is 29.4. The third-order valence-electron chi connectivity index (χ3n) is 2.13. The number of ether oxygens (including phenoxy) is 1. The topological polar surface area (TPSA) is 72.6 Å². The maximum atomic E-state index is 11.0. The second kappa shape index (κ2) is 3.53. The number of β-lactam (4-membered cyclic amide) rings is 1. The van der Waals surface area contributed by atoms with Crippen LogP contribution in [-0.4, -0.2) is 34.1 Å². The molecule has 2 N–H and O–H groups in total. The molecule has 2 rings (SSSR count). The number of primary amides is 1. The van der Waals surface area contributed by atoms with Crippen molar-refractivity contribution in [3.8, 4) is 0 Å². The van der Waals surface area contributed by atoms with Crippen LogP contribution in [-0.2, 0) is 9.53 Å². The molecule has 0 aromatic rings. The van der Waals surface area contributed by atoms with Gasteiger partial charge in [-0.25, -0.2) is 4.79 Å². The number of nitrogens with two attached hydrogens (primary N) is 1. The van der Waals surface area contributed by atoms with Crippen LogP contribution in [0.3, 0.4) is 0 Å². The van der Waals surface area contributed by atoms with E-state index in [2.05, 4.69) is 4.74 Å². The zero-order valence-corrected chi connectivity index (χ0v) is 8.20. The number of hydrogen-bond acceptors (Lipinski definition) is 4. The lowest BCUT2D eigenvalue weighted by Gasteiger charge is -2.41. The molecular weight excluding hydrogens is 204 g/mol. The number of hydrogen-bond donors (Lipinski definition) is 1. The Hall–Kier alpha value is -1.17. The molecule has 2 aliphatic heterocycles. The number of carbonyl (C=O) groups excluding carboxylic acids is 2. The molecule has 2 heterocycles. The summed E-state index contributed by atoms with van der Waals surface area (Å²) in [6.45, 7) is 0.273. The molecule has 14 heavy (non-hydrogen) atoms. The van der Waals surface area contributed by atoms with Crippen LogP contribution in [0.25, 0.3) is 0 Å². The molecular formula is C8H10N2O3S. The fourth-order valence-electron chi connectivity index (χ4n) is 1.39. The standard InChI is InChI=1S/C8H10N2O3S/c9-8(12)13-4-5-1-2-10-6(11)3-7(10)14-5/h1-2,5,7H,3-4H2,(H2,9,12)/t5?,7-/m1/s1. The van der Waals surface area contributed by atoms with Gasteiger partial charge in [0.2, 0.25) is 5.91 Å². The smallest absolute Gasteiger partial charge is 0.404 e. The summed E-state index contributed by atoms with van der Waals surface area (Å²) in [4.78, 5) is 23.0. The molecule has 6 heteroatoms. The molecule has 76 valence electrons. The van der Waals surface area contributed by atoms with Gasteiger partial charge in [0.05, 0.1) is 17.0 Å². The van der Waals surface area contributed by atoms with Gasteiger partial charge < -0.3 is 15.4 Å². The largest absolute Gasteiger partial charge is 0.448 e. The summed E-state index contributed by atoms with van der Waals surface area (Å²) >= 11 is 1.61. The molecule has 0 radical (unpaired) electrons. The van der Waals surface area contributed by atoms with E-state index in [4.69, 9.17) is 5.73 Å². The fraction of sp³-hybridized carbons (Fsp3) is 0.500. The van der Waals surface area contributed by atoms with E-state index in [1.165, 1.54) is 0 Å².